The molecule has 0 saturated carbocycles. The van der Waals surface area contributed by atoms with Crippen LogP contribution in [0.3, 0.4) is 0 Å². The van der Waals surface area contributed by atoms with E-state index < -0.39 is 29.6 Å². The Morgan fingerprint density at radius 3 is 2.50 bits per heavy atom. The number of ether oxygens (including phenoxy) is 2. The number of nitrogens with one attached hydrogen (secondary N) is 1. The van der Waals surface area contributed by atoms with Crippen LogP contribution in [0.4, 0.5) is 8.78 Å². The van der Waals surface area contributed by atoms with E-state index in [1.54, 1.807) is 6.07 Å². The molecule has 1 amide bonds. The molecule has 0 spiro atoms. The van der Waals surface area contributed by atoms with Crippen molar-refractivity contribution in [1.82, 2.24) is 5.32 Å². The molecular weight excluding hydrogens is 348 g/mol. The van der Waals surface area contributed by atoms with E-state index in [4.69, 9.17) is 14.6 Å². The number of amides is 1. The first-order valence-corrected chi connectivity index (χ1v) is 7.61. The van der Waals surface area contributed by atoms with Crippen molar-refractivity contribution < 1.29 is 33.0 Å². The number of carboxylic acids is 1. The molecule has 138 valence electrons. The van der Waals surface area contributed by atoms with Crippen molar-refractivity contribution in [2.45, 2.75) is 19.6 Å². The first kappa shape index (κ1) is 19.2. The van der Waals surface area contributed by atoms with Gasteiger partial charge in [0.05, 0.1) is 7.11 Å². The summed E-state index contributed by atoms with van der Waals surface area (Å²) in [5, 5.41) is 11.7. The highest BCUT2D eigenvalue weighted by Gasteiger charge is 2.16. The molecule has 0 radical (unpaired) electrons. The van der Waals surface area contributed by atoms with Gasteiger partial charge >= 0.3 is 5.97 Å². The van der Waals surface area contributed by atoms with Crippen LogP contribution in [0.2, 0.25) is 0 Å². The summed E-state index contributed by atoms with van der Waals surface area (Å²) in [5.74, 6) is -3.50. The maximum Gasteiger partial charge on any atom is 0.339 e. The van der Waals surface area contributed by atoms with Gasteiger partial charge in [-0.3, -0.25) is 4.79 Å². The summed E-state index contributed by atoms with van der Waals surface area (Å²) >= 11 is 0. The van der Waals surface area contributed by atoms with Crippen LogP contribution in [0.1, 0.15) is 22.8 Å². The van der Waals surface area contributed by atoms with Gasteiger partial charge in [-0.2, -0.15) is 0 Å². The highest BCUT2D eigenvalue weighted by molar-refractivity contribution is 5.91. The Kier molecular flexibility index (Phi) is 6.11. The number of carbonyl (C=O) groups excluding carboxylic acids is 1. The molecule has 0 aliphatic heterocycles. The fourth-order valence-corrected chi connectivity index (χ4v) is 2.17. The van der Waals surface area contributed by atoms with Crippen LogP contribution in [0.25, 0.3) is 0 Å². The first-order valence-electron chi connectivity index (χ1n) is 7.61. The number of methoxy groups -OCH3 is 1. The van der Waals surface area contributed by atoms with E-state index in [0.29, 0.717) is 5.56 Å². The standard InChI is InChI=1S/C18H17F2NO5/c1-10(26-12-4-5-14(19)15(20)8-12)17(22)21-9-11-3-6-16(25-2)13(7-11)18(23)24/h3-8,10H,9H2,1-2H3,(H,21,22)(H,23,24)/t10-/m1/s1. The van der Waals surface area contributed by atoms with Crippen molar-refractivity contribution in [1.29, 1.82) is 0 Å². The lowest BCUT2D eigenvalue weighted by Gasteiger charge is -2.15. The zero-order chi connectivity index (χ0) is 19.3. The van der Waals surface area contributed by atoms with Crippen LogP contribution in [-0.2, 0) is 11.3 Å². The Morgan fingerprint density at radius 2 is 1.88 bits per heavy atom. The Hall–Kier alpha value is -3.16. The fourth-order valence-electron chi connectivity index (χ4n) is 2.17. The van der Waals surface area contributed by atoms with Gasteiger partial charge in [0, 0.05) is 12.6 Å². The molecule has 2 rings (SSSR count). The average Bonchev–Trinajstić information content (AvgIpc) is 2.62. The molecule has 2 N–H and O–H groups in total. The van der Waals surface area contributed by atoms with Gasteiger partial charge in [0.2, 0.25) is 0 Å². The van der Waals surface area contributed by atoms with Gasteiger partial charge in [-0.05, 0) is 36.8 Å². The summed E-state index contributed by atoms with van der Waals surface area (Å²) in [4.78, 5) is 23.3. The topological polar surface area (TPSA) is 84.9 Å². The summed E-state index contributed by atoms with van der Waals surface area (Å²) in [6, 6.07) is 7.47. The Labute approximate surface area is 148 Å². The minimum atomic E-state index is -1.15. The second-order valence-corrected chi connectivity index (χ2v) is 5.39. The second kappa shape index (κ2) is 8.28. The zero-order valence-corrected chi connectivity index (χ0v) is 14.1. The third kappa shape index (κ3) is 4.69. The normalized spacial score (nSPS) is 11.5. The van der Waals surface area contributed by atoms with Crippen molar-refractivity contribution in [3.8, 4) is 11.5 Å². The second-order valence-electron chi connectivity index (χ2n) is 5.39. The van der Waals surface area contributed by atoms with Crippen molar-refractivity contribution in [2.24, 2.45) is 0 Å². The van der Waals surface area contributed by atoms with Crippen LogP contribution in [0.5, 0.6) is 11.5 Å². The molecule has 0 saturated heterocycles. The predicted octanol–water partition coefficient (Wildman–Crippen LogP) is 2.76. The van der Waals surface area contributed by atoms with Crippen molar-refractivity contribution in [3.63, 3.8) is 0 Å². The van der Waals surface area contributed by atoms with Gasteiger partial charge in [-0.1, -0.05) is 6.07 Å². The molecule has 2 aromatic rings. The Balaban J connectivity index is 1.98. The van der Waals surface area contributed by atoms with Crippen LogP contribution in [0, 0.1) is 11.6 Å². The summed E-state index contributed by atoms with van der Waals surface area (Å²) in [6.07, 6.45) is -0.961. The fraction of sp³-hybridized carbons (Fsp3) is 0.222. The molecule has 0 heterocycles. The monoisotopic (exact) mass is 365 g/mol. The highest BCUT2D eigenvalue weighted by Crippen LogP contribution is 2.20. The van der Waals surface area contributed by atoms with E-state index in [1.807, 2.05) is 0 Å². The van der Waals surface area contributed by atoms with E-state index in [0.717, 1.165) is 12.1 Å². The van der Waals surface area contributed by atoms with Gasteiger partial charge in [-0.15, -0.1) is 0 Å². The Morgan fingerprint density at radius 1 is 1.15 bits per heavy atom. The third-order valence-corrected chi connectivity index (χ3v) is 3.53. The summed E-state index contributed by atoms with van der Waals surface area (Å²) in [7, 11) is 1.36. The van der Waals surface area contributed by atoms with E-state index in [1.165, 1.54) is 32.2 Å². The minimum absolute atomic E-state index is 0.0177. The van der Waals surface area contributed by atoms with Crippen molar-refractivity contribution in [2.75, 3.05) is 7.11 Å². The van der Waals surface area contributed by atoms with Gasteiger partial charge < -0.3 is 19.9 Å². The molecule has 0 aromatic heterocycles. The molecule has 8 heteroatoms. The molecule has 1 atom stereocenters. The van der Waals surface area contributed by atoms with E-state index in [-0.39, 0.29) is 23.6 Å². The number of hydrogen-bond donors (Lipinski definition) is 2. The molecule has 26 heavy (non-hydrogen) atoms. The first-order chi connectivity index (χ1) is 12.3. The smallest absolute Gasteiger partial charge is 0.339 e. The number of hydrogen-bond acceptors (Lipinski definition) is 4. The maximum absolute atomic E-state index is 13.2. The molecular formula is C18H17F2NO5. The lowest BCUT2D eigenvalue weighted by molar-refractivity contribution is -0.127. The number of carbonyl (C=O) groups is 2. The molecule has 0 bridgehead atoms. The minimum Gasteiger partial charge on any atom is -0.496 e. The summed E-state index contributed by atoms with van der Waals surface area (Å²) in [5.41, 5.74) is 0.530. The molecule has 0 aliphatic carbocycles. The largest absolute Gasteiger partial charge is 0.496 e. The molecule has 0 unspecified atom stereocenters. The van der Waals surface area contributed by atoms with Crippen LogP contribution in [-0.4, -0.2) is 30.2 Å². The van der Waals surface area contributed by atoms with Gasteiger partial charge in [-0.25, -0.2) is 13.6 Å². The SMILES string of the molecule is COc1ccc(CNC(=O)[C@@H](C)Oc2ccc(F)c(F)c2)cc1C(=O)O. The van der Waals surface area contributed by atoms with Crippen molar-refractivity contribution in [3.05, 3.63) is 59.2 Å². The van der Waals surface area contributed by atoms with E-state index in [2.05, 4.69) is 5.32 Å². The molecule has 6 nitrogen and oxygen atoms in total. The lowest BCUT2D eigenvalue weighted by Crippen LogP contribution is -2.36. The number of carboxylic acid groups (broad SMARTS) is 1. The number of benzene rings is 2. The number of aromatic carboxylic acids is 1. The Bertz CT molecular complexity index is 825. The average molecular weight is 365 g/mol. The third-order valence-electron chi connectivity index (χ3n) is 3.53. The summed E-state index contributed by atoms with van der Waals surface area (Å²) in [6.45, 7) is 1.52. The van der Waals surface area contributed by atoms with Gasteiger partial charge in [0.1, 0.15) is 17.1 Å². The molecule has 0 fully saturated rings. The van der Waals surface area contributed by atoms with Gasteiger partial charge in [0.15, 0.2) is 17.7 Å². The molecule has 2 aromatic carbocycles. The van der Waals surface area contributed by atoms with Crippen molar-refractivity contribution >= 4 is 11.9 Å². The maximum atomic E-state index is 13.2. The van der Waals surface area contributed by atoms with E-state index >= 15 is 0 Å². The highest BCUT2D eigenvalue weighted by atomic mass is 19.2. The molecule has 0 aliphatic rings. The summed E-state index contributed by atoms with van der Waals surface area (Å²) < 4.78 is 36.3. The number of rotatable bonds is 7. The lowest BCUT2D eigenvalue weighted by atomic mass is 10.1. The van der Waals surface area contributed by atoms with E-state index in [9.17, 15) is 18.4 Å². The van der Waals surface area contributed by atoms with Gasteiger partial charge in [0.25, 0.3) is 5.91 Å². The van der Waals surface area contributed by atoms with Crippen LogP contribution < -0.4 is 14.8 Å². The predicted molar refractivity (Wildman–Crippen MR) is 88.2 cm³/mol. The number of halogens is 2. The van der Waals surface area contributed by atoms with Crippen LogP contribution in [0.15, 0.2) is 36.4 Å². The zero-order valence-electron chi connectivity index (χ0n) is 14.1. The van der Waals surface area contributed by atoms with Crippen LogP contribution >= 0.6 is 0 Å². The quantitative estimate of drug-likeness (QED) is 0.788.